The third-order valence-corrected chi connectivity index (χ3v) is 4.77. The van der Waals surface area contributed by atoms with E-state index in [4.69, 9.17) is 4.74 Å². The van der Waals surface area contributed by atoms with Gasteiger partial charge in [0.05, 0.1) is 13.2 Å². The van der Waals surface area contributed by atoms with Gasteiger partial charge >= 0.3 is 0 Å². The molecule has 0 unspecified atom stereocenters. The van der Waals surface area contributed by atoms with Gasteiger partial charge in [0.25, 0.3) is 0 Å². The Kier molecular flexibility index (Phi) is 4.24. The van der Waals surface area contributed by atoms with Crippen molar-refractivity contribution < 1.29 is 4.74 Å². The van der Waals surface area contributed by atoms with Crippen LogP contribution in [0.3, 0.4) is 0 Å². The molecule has 0 bridgehead atoms. The molecule has 0 aromatic heterocycles. The summed E-state index contributed by atoms with van der Waals surface area (Å²) in [5, 5.41) is 0. The first kappa shape index (κ1) is 12.5. The molecule has 98 valence electrons. The zero-order valence-electron chi connectivity index (χ0n) is 10.9. The lowest BCUT2D eigenvalue weighted by Crippen LogP contribution is -2.33. The van der Waals surface area contributed by atoms with Crippen LogP contribution in [-0.4, -0.2) is 36.0 Å². The van der Waals surface area contributed by atoms with E-state index < -0.39 is 0 Å². The largest absolute Gasteiger partial charge is 0.372 e. The Morgan fingerprint density at radius 1 is 1.11 bits per heavy atom. The third kappa shape index (κ3) is 3.08. The number of fused-ring (bicyclic) bond motifs is 1. The molecule has 1 aromatic rings. The first-order chi connectivity index (χ1) is 8.92. The highest BCUT2D eigenvalue weighted by Crippen LogP contribution is 2.21. The van der Waals surface area contributed by atoms with Crippen molar-refractivity contribution in [1.82, 2.24) is 4.90 Å². The summed E-state index contributed by atoms with van der Waals surface area (Å²) in [5.74, 6) is 2.63. The Bertz CT molecular complexity index is 401. The smallest absolute Gasteiger partial charge is 0.0725 e. The minimum absolute atomic E-state index is 0.807. The van der Waals surface area contributed by atoms with Crippen molar-refractivity contribution in [2.24, 2.45) is 0 Å². The van der Waals surface area contributed by atoms with Gasteiger partial charge in [-0.3, -0.25) is 0 Å². The number of nitrogens with zero attached hydrogens (tertiary/aromatic N) is 1. The maximum atomic E-state index is 5.46. The number of aryl methyl sites for hydroxylation is 1. The van der Waals surface area contributed by atoms with Gasteiger partial charge in [-0.15, -0.1) is 0 Å². The van der Waals surface area contributed by atoms with Gasteiger partial charge in [-0.1, -0.05) is 18.2 Å². The van der Waals surface area contributed by atoms with Gasteiger partial charge in [0, 0.05) is 24.6 Å². The van der Waals surface area contributed by atoms with E-state index in [2.05, 4.69) is 34.9 Å². The standard InChI is InChI=1S/C15H21NOS/c1(5-16-6-8-18-9-7-16)2-13-3-4-14-11-17-12-15(14)10-13/h3-4,10H,1-2,5-9,11-12H2. The van der Waals surface area contributed by atoms with Crippen LogP contribution in [0.2, 0.25) is 0 Å². The van der Waals surface area contributed by atoms with Crippen molar-refractivity contribution in [3.63, 3.8) is 0 Å². The molecule has 2 nitrogen and oxygen atoms in total. The van der Waals surface area contributed by atoms with Crippen molar-refractivity contribution >= 4 is 11.8 Å². The fourth-order valence-corrected chi connectivity index (χ4v) is 3.69. The molecule has 0 atom stereocenters. The van der Waals surface area contributed by atoms with E-state index >= 15 is 0 Å². The average Bonchev–Trinajstić information content (AvgIpc) is 2.87. The lowest BCUT2D eigenvalue weighted by molar-refractivity contribution is 0.134. The number of ether oxygens (including phenoxy) is 1. The highest BCUT2D eigenvalue weighted by atomic mass is 32.2. The minimum Gasteiger partial charge on any atom is -0.372 e. The zero-order chi connectivity index (χ0) is 12.2. The molecule has 1 saturated heterocycles. The van der Waals surface area contributed by atoms with E-state index in [-0.39, 0.29) is 0 Å². The van der Waals surface area contributed by atoms with Gasteiger partial charge in [0.2, 0.25) is 0 Å². The lowest BCUT2D eigenvalue weighted by atomic mass is 10.0. The van der Waals surface area contributed by atoms with Gasteiger partial charge in [-0.05, 0) is 36.1 Å². The highest BCUT2D eigenvalue weighted by Gasteiger charge is 2.12. The molecule has 0 amide bonds. The Morgan fingerprint density at radius 2 is 1.94 bits per heavy atom. The van der Waals surface area contributed by atoms with Gasteiger partial charge in [-0.2, -0.15) is 11.8 Å². The second-order valence-electron chi connectivity index (χ2n) is 5.15. The molecule has 3 heteroatoms. The van der Waals surface area contributed by atoms with Crippen LogP contribution in [0.5, 0.6) is 0 Å². The molecule has 2 aliphatic heterocycles. The van der Waals surface area contributed by atoms with Crippen LogP contribution in [0.4, 0.5) is 0 Å². The predicted molar refractivity (Wildman–Crippen MR) is 77.0 cm³/mol. The van der Waals surface area contributed by atoms with Crippen LogP contribution >= 0.6 is 11.8 Å². The SMILES string of the molecule is c1cc2c(cc1CCCN1CCSCC1)COC2. The molecule has 0 spiro atoms. The first-order valence-electron chi connectivity index (χ1n) is 6.90. The van der Waals surface area contributed by atoms with Gasteiger partial charge in [-0.25, -0.2) is 0 Å². The number of hydrogen-bond acceptors (Lipinski definition) is 3. The molecule has 2 aliphatic rings. The molecule has 0 N–H and O–H groups in total. The number of thioether (sulfide) groups is 1. The zero-order valence-corrected chi connectivity index (χ0v) is 11.7. The van der Waals surface area contributed by atoms with Gasteiger partial charge in [0.15, 0.2) is 0 Å². The highest BCUT2D eigenvalue weighted by molar-refractivity contribution is 7.99. The monoisotopic (exact) mass is 263 g/mol. The molecule has 1 aromatic carbocycles. The molecule has 0 radical (unpaired) electrons. The van der Waals surface area contributed by atoms with Crippen LogP contribution in [0.25, 0.3) is 0 Å². The van der Waals surface area contributed by atoms with Crippen LogP contribution in [-0.2, 0) is 24.4 Å². The summed E-state index contributed by atoms with van der Waals surface area (Å²) in [6, 6.07) is 6.86. The molecular weight excluding hydrogens is 242 g/mol. The van der Waals surface area contributed by atoms with Crippen molar-refractivity contribution in [1.29, 1.82) is 0 Å². The normalized spacial score (nSPS) is 20.0. The second kappa shape index (κ2) is 6.09. The van der Waals surface area contributed by atoms with E-state index in [1.807, 2.05) is 0 Å². The van der Waals surface area contributed by atoms with E-state index in [9.17, 15) is 0 Å². The van der Waals surface area contributed by atoms with E-state index in [1.165, 1.54) is 60.7 Å². The molecule has 1 fully saturated rings. The average molecular weight is 263 g/mol. The van der Waals surface area contributed by atoms with E-state index in [0.29, 0.717) is 0 Å². The summed E-state index contributed by atoms with van der Waals surface area (Å²) < 4.78 is 5.46. The van der Waals surface area contributed by atoms with E-state index in [1.54, 1.807) is 0 Å². The summed E-state index contributed by atoms with van der Waals surface area (Å²) in [6.45, 7) is 5.44. The number of rotatable bonds is 4. The van der Waals surface area contributed by atoms with Crippen LogP contribution in [0.1, 0.15) is 23.1 Å². The van der Waals surface area contributed by atoms with Crippen molar-refractivity contribution in [3.05, 3.63) is 34.9 Å². The summed E-state index contributed by atoms with van der Waals surface area (Å²) in [5.41, 5.74) is 4.26. The fourth-order valence-electron chi connectivity index (χ4n) is 2.71. The van der Waals surface area contributed by atoms with Crippen molar-refractivity contribution in [2.45, 2.75) is 26.1 Å². The maximum absolute atomic E-state index is 5.46. The topological polar surface area (TPSA) is 12.5 Å². The summed E-state index contributed by atoms with van der Waals surface area (Å²) in [4.78, 5) is 2.60. The van der Waals surface area contributed by atoms with Gasteiger partial charge < -0.3 is 9.64 Å². The predicted octanol–water partition coefficient (Wildman–Crippen LogP) is 2.70. The van der Waals surface area contributed by atoms with Crippen LogP contribution < -0.4 is 0 Å². The molecule has 0 aliphatic carbocycles. The van der Waals surface area contributed by atoms with Gasteiger partial charge in [0.1, 0.15) is 0 Å². The summed E-state index contributed by atoms with van der Waals surface area (Å²) in [6.07, 6.45) is 2.49. The molecule has 18 heavy (non-hydrogen) atoms. The Hall–Kier alpha value is -0.510. The summed E-state index contributed by atoms with van der Waals surface area (Å²) in [7, 11) is 0. The van der Waals surface area contributed by atoms with Crippen molar-refractivity contribution in [3.8, 4) is 0 Å². The second-order valence-corrected chi connectivity index (χ2v) is 6.38. The minimum atomic E-state index is 0.807. The molecule has 2 heterocycles. The molecule has 3 rings (SSSR count). The van der Waals surface area contributed by atoms with Crippen LogP contribution in [0, 0.1) is 0 Å². The molecule has 0 saturated carbocycles. The Labute approximate surface area is 114 Å². The number of hydrogen-bond donors (Lipinski definition) is 0. The number of benzene rings is 1. The maximum Gasteiger partial charge on any atom is 0.0725 e. The Morgan fingerprint density at radius 3 is 2.83 bits per heavy atom. The quantitative estimate of drug-likeness (QED) is 0.829. The Balaban J connectivity index is 1.48. The van der Waals surface area contributed by atoms with Crippen LogP contribution in [0.15, 0.2) is 18.2 Å². The molecular formula is C15H21NOS. The first-order valence-corrected chi connectivity index (χ1v) is 8.06. The van der Waals surface area contributed by atoms with E-state index in [0.717, 1.165) is 13.2 Å². The lowest BCUT2D eigenvalue weighted by Gasteiger charge is -2.25. The summed E-state index contributed by atoms with van der Waals surface area (Å²) >= 11 is 2.09. The fraction of sp³-hybridized carbons (Fsp3) is 0.600. The third-order valence-electron chi connectivity index (χ3n) is 3.83. The van der Waals surface area contributed by atoms with Crippen molar-refractivity contribution in [2.75, 3.05) is 31.1 Å².